The van der Waals surface area contributed by atoms with Crippen molar-refractivity contribution in [3.05, 3.63) is 64.7 Å². The van der Waals surface area contributed by atoms with Crippen LogP contribution in [0.4, 0.5) is 5.69 Å². The Morgan fingerprint density at radius 1 is 0.882 bits per heavy atom. The number of nitro groups is 1. The van der Waals surface area contributed by atoms with E-state index in [-0.39, 0.29) is 11.4 Å². The third-order valence-corrected chi connectivity index (χ3v) is 1.83. The van der Waals surface area contributed by atoms with Gasteiger partial charge < -0.3 is 10.2 Å². The molecule has 0 atom stereocenters. The molecule has 5 nitrogen and oxygen atoms in total. The van der Waals surface area contributed by atoms with Crippen molar-refractivity contribution in [1.82, 2.24) is 0 Å². The molecule has 0 amide bonds. The maximum atomic E-state index is 10.1. The SMILES string of the molecule is O=[N+]([O-])c1ccccc1O.Oc1ccccc1. The lowest BCUT2D eigenvalue weighted by Gasteiger charge is -1.91. The van der Waals surface area contributed by atoms with Crippen LogP contribution in [-0.4, -0.2) is 15.1 Å². The normalized spacial score (nSPS) is 8.94. The van der Waals surface area contributed by atoms with Crippen LogP contribution >= 0.6 is 0 Å². The number of phenols is 2. The molecule has 0 fully saturated rings. The maximum Gasteiger partial charge on any atom is 0.310 e. The van der Waals surface area contributed by atoms with E-state index >= 15 is 0 Å². The maximum absolute atomic E-state index is 10.1. The van der Waals surface area contributed by atoms with Gasteiger partial charge in [0.25, 0.3) is 0 Å². The monoisotopic (exact) mass is 233 g/mol. The molecule has 2 aromatic rings. The van der Waals surface area contributed by atoms with Gasteiger partial charge in [-0.1, -0.05) is 30.3 Å². The van der Waals surface area contributed by atoms with Gasteiger partial charge >= 0.3 is 5.69 Å². The molecule has 0 heterocycles. The standard InChI is InChI=1S/C6H5NO3.C6H6O/c8-6-4-2-1-3-5(6)7(9)10;7-6-4-2-1-3-5-6/h1-4,8H;1-5,7H. The van der Waals surface area contributed by atoms with Crippen LogP contribution in [0.5, 0.6) is 11.5 Å². The van der Waals surface area contributed by atoms with Gasteiger partial charge in [0.05, 0.1) is 4.92 Å². The Balaban J connectivity index is 0.000000181. The Kier molecular flexibility index (Phi) is 4.50. The van der Waals surface area contributed by atoms with Crippen molar-refractivity contribution in [1.29, 1.82) is 0 Å². The lowest BCUT2D eigenvalue weighted by molar-refractivity contribution is -0.385. The topological polar surface area (TPSA) is 83.6 Å². The lowest BCUT2D eigenvalue weighted by atomic mass is 10.3. The molecule has 2 aromatic carbocycles. The third kappa shape index (κ3) is 4.21. The number of para-hydroxylation sites is 3. The number of benzene rings is 2. The average Bonchev–Trinajstić information content (AvgIpc) is 2.31. The first kappa shape index (κ1) is 12.5. The zero-order valence-electron chi connectivity index (χ0n) is 8.85. The van der Waals surface area contributed by atoms with Crippen molar-refractivity contribution in [2.45, 2.75) is 0 Å². The second-order valence-electron chi connectivity index (χ2n) is 3.08. The van der Waals surface area contributed by atoms with Crippen LogP contribution in [0.2, 0.25) is 0 Å². The summed E-state index contributed by atoms with van der Waals surface area (Å²) in [7, 11) is 0. The highest BCUT2D eigenvalue weighted by Crippen LogP contribution is 2.23. The van der Waals surface area contributed by atoms with Crippen LogP contribution in [0.1, 0.15) is 0 Å². The summed E-state index contributed by atoms with van der Waals surface area (Å²) in [6.45, 7) is 0. The van der Waals surface area contributed by atoms with E-state index in [0.717, 1.165) is 0 Å². The van der Waals surface area contributed by atoms with Crippen molar-refractivity contribution in [2.75, 3.05) is 0 Å². The molecular formula is C12H11NO4. The molecule has 0 aliphatic carbocycles. The van der Waals surface area contributed by atoms with Crippen molar-refractivity contribution >= 4 is 5.69 Å². The Bertz CT molecular complexity index is 485. The van der Waals surface area contributed by atoms with E-state index in [9.17, 15) is 10.1 Å². The molecule has 17 heavy (non-hydrogen) atoms. The van der Waals surface area contributed by atoms with E-state index in [2.05, 4.69) is 0 Å². The summed E-state index contributed by atoms with van der Waals surface area (Å²) in [5.74, 6) is 0.0231. The second kappa shape index (κ2) is 6.12. The number of nitrogens with zero attached hydrogens (tertiary/aromatic N) is 1. The number of hydrogen-bond acceptors (Lipinski definition) is 4. The Morgan fingerprint density at radius 2 is 1.41 bits per heavy atom. The average molecular weight is 233 g/mol. The molecule has 0 spiro atoms. The molecule has 0 saturated heterocycles. The van der Waals surface area contributed by atoms with Crippen molar-refractivity contribution < 1.29 is 15.1 Å². The molecule has 5 heteroatoms. The van der Waals surface area contributed by atoms with Crippen LogP contribution in [0.15, 0.2) is 54.6 Å². The van der Waals surface area contributed by atoms with Gasteiger partial charge in [-0.2, -0.15) is 0 Å². The van der Waals surface area contributed by atoms with Gasteiger partial charge in [-0.15, -0.1) is 0 Å². The fourth-order valence-electron chi connectivity index (χ4n) is 1.05. The van der Waals surface area contributed by atoms with Crippen LogP contribution in [0.25, 0.3) is 0 Å². The largest absolute Gasteiger partial charge is 0.508 e. The van der Waals surface area contributed by atoms with Gasteiger partial charge in [0.2, 0.25) is 0 Å². The molecule has 2 rings (SSSR count). The first-order valence-electron chi connectivity index (χ1n) is 4.77. The minimum absolute atomic E-state index is 0.262. The smallest absolute Gasteiger partial charge is 0.310 e. The Labute approximate surface area is 97.7 Å². The van der Waals surface area contributed by atoms with Gasteiger partial charge in [0.1, 0.15) is 5.75 Å². The van der Waals surface area contributed by atoms with E-state index in [1.165, 1.54) is 24.3 Å². The van der Waals surface area contributed by atoms with Gasteiger partial charge in [0, 0.05) is 6.07 Å². The van der Waals surface area contributed by atoms with Crippen LogP contribution in [0.3, 0.4) is 0 Å². The van der Waals surface area contributed by atoms with Crippen molar-refractivity contribution in [2.24, 2.45) is 0 Å². The van der Waals surface area contributed by atoms with E-state index in [1.54, 1.807) is 24.3 Å². The second-order valence-corrected chi connectivity index (χ2v) is 3.08. The summed E-state index contributed by atoms with van der Waals surface area (Å²) in [4.78, 5) is 9.44. The lowest BCUT2D eigenvalue weighted by Crippen LogP contribution is -1.86. The van der Waals surface area contributed by atoms with E-state index in [4.69, 9.17) is 10.2 Å². The summed E-state index contributed by atoms with van der Waals surface area (Å²) < 4.78 is 0. The third-order valence-electron chi connectivity index (χ3n) is 1.83. The van der Waals surface area contributed by atoms with Gasteiger partial charge in [-0.25, -0.2) is 0 Å². The van der Waals surface area contributed by atoms with Gasteiger partial charge in [0.15, 0.2) is 5.75 Å². The van der Waals surface area contributed by atoms with Crippen molar-refractivity contribution in [3.8, 4) is 11.5 Å². The van der Waals surface area contributed by atoms with E-state index in [1.807, 2.05) is 6.07 Å². The quantitative estimate of drug-likeness (QED) is 0.585. The van der Waals surface area contributed by atoms with Crippen LogP contribution in [0, 0.1) is 10.1 Å². The first-order chi connectivity index (χ1) is 8.11. The van der Waals surface area contributed by atoms with Crippen LogP contribution < -0.4 is 0 Å². The highest BCUT2D eigenvalue weighted by atomic mass is 16.6. The van der Waals surface area contributed by atoms with E-state index in [0.29, 0.717) is 5.75 Å². The number of hydrogen-bond donors (Lipinski definition) is 2. The molecule has 0 aliphatic heterocycles. The Morgan fingerprint density at radius 3 is 1.76 bits per heavy atom. The van der Waals surface area contributed by atoms with Gasteiger partial charge in [-0.3, -0.25) is 10.1 Å². The molecule has 0 unspecified atom stereocenters. The summed E-state index contributed by atoms with van der Waals surface area (Å²) in [6, 6.07) is 14.3. The molecular weight excluding hydrogens is 222 g/mol. The predicted molar refractivity (Wildman–Crippen MR) is 62.9 cm³/mol. The minimum atomic E-state index is -0.630. The highest BCUT2D eigenvalue weighted by molar-refractivity contribution is 5.44. The zero-order valence-corrected chi connectivity index (χ0v) is 8.85. The van der Waals surface area contributed by atoms with Crippen LogP contribution in [-0.2, 0) is 0 Å². The van der Waals surface area contributed by atoms with Gasteiger partial charge in [-0.05, 0) is 18.2 Å². The summed E-state index contributed by atoms with van der Waals surface area (Å²) in [6.07, 6.45) is 0. The molecule has 88 valence electrons. The number of aromatic hydroxyl groups is 2. The van der Waals surface area contributed by atoms with E-state index < -0.39 is 4.92 Å². The fraction of sp³-hybridized carbons (Fsp3) is 0. The molecule has 0 saturated carbocycles. The highest BCUT2D eigenvalue weighted by Gasteiger charge is 2.09. The summed E-state index contributed by atoms with van der Waals surface area (Å²) >= 11 is 0. The summed E-state index contributed by atoms with van der Waals surface area (Å²) in [5, 5.41) is 27.5. The fourth-order valence-corrected chi connectivity index (χ4v) is 1.05. The molecule has 0 radical (unpaired) electrons. The first-order valence-corrected chi connectivity index (χ1v) is 4.77. The van der Waals surface area contributed by atoms with Crippen molar-refractivity contribution in [3.63, 3.8) is 0 Å². The number of phenolic OH excluding ortho intramolecular Hbond substituents is 2. The molecule has 2 N–H and O–H groups in total. The molecule has 0 aliphatic rings. The minimum Gasteiger partial charge on any atom is -0.508 e. The number of rotatable bonds is 1. The predicted octanol–water partition coefficient (Wildman–Crippen LogP) is 2.69. The zero-order chi connectivity index (χ0) is 12.7. The number of nitro benzene ring substituents is 1. The Hall–Kier alpha value is -2.56. The summed E-state index contributed by atoms with van der Waals surface area (Å²) in [5.41, 5.74) is -0.262. The molecule has 0 bridgehead atoms. The molecule has 0 aromatic heterocycles.